The number of hydrazine groups is 1. The maximum absolute atomic E-state index is 12.7. The van der Waals surface area contributed by atoms with Gasteiger partial charge in [0.05, 0.1) is 37.5 Å². The van der Waals surface area contributed by atoms with Gasteiger partial charge in [-0.2, -0.15) is 0 Å². The zero-order valence-electron chi connectivity index (χ0n) is 20.8. The second kappa shape index (κ2) is 12.3. The normalized spacial score (nSPS) is 13.7. The summed E-state index contributed by atoms with van der Waals surface area (Å²) in [5, 5.41) is 6.56. The van der Waals surface area contributed by atoms with Crippen LogP contribution < -0.4 is 31.7 Å². The maximum atomic E-state index is 12.7. The third-order valence-electron chi connectivity index (χ3n) is 5.54. The number of aliphatic imine (C=N–C) groups is 1. The van der Waals surface area contributed by atoms with Crippen LogP contribution in [0.15, 0.2) is 59.4 Å². The number of halogens is 3. The van der Waals surface area contributed by atoms with Gasteiger partial charge in [0.2, 0.25) is 0 Å². The highest BCUT2D eigenvalue weighted by molar-refractivity contribution is 6.05. The van der Waals surface area contributed by atoms with E-state index in [0.717, 1.165) is 40.9 Å². The van der Waals surface area contributed by atoms with E-state index in [1.807, 2.05) is 24.3 Å². The number of hydrogen-bond donors (Lipinski definition) is 4. The number of aryl methyl sites for hydroxylation is 1. The van der Waals surface area contributed by atoms with E-state index in [1.54, 1.807) is 0 Å². The molecule has 1 heterocycles. The number of alkyl halides is 3. The molecule has 0 aliphatic carbocycles. The molecule has 2 amide bonds. The lowest BCUT2D eigenvalue weighted by Gasteiger charge is -2.18. The summed E-state index contributed by atoms with van der Waals surface area (Å²) in [6.07, 6.45) is -2.74. The molecule has 13 heteroatoms. The quantitative estimate of drug-likeness (QED) is 0.186. The Morgan fingerprint density at radius 2 is 1.89 bits per heavy atom. The highest BCUT2D eigenvalue weighted by Gasteiger charge is 2.31. The predicted octanol–water partition coefficient (Wildman–Crippen LogP) is 2.17. The van der Waals surface area contributed by atoms with E-state index in [9.17, 15) is 22.8 Å². The van der Waals surface area contributed by atoms with Crippen LogP contribution in [0.5, 0.6) is 11.5 Å². The van der Waals surface area contributed by atoms with Crippen molar-refractivity contribution in [1.29, 1.82) is 0 Å². The Kier molecular flexibility index (Phi) is 9.18. The lowest BCUT2D eigenvalue weighted by molar-refractivity contribution is -0.274. The molecule has 1 unspecified atom stereocenters. The average Bonchev–Trinajstić information content (AvgIpc) is 3.71. The highest BCUT2D eigenvalue weighted by atomic mass is 19.4. The molecule has 2 aromatic rings. The van der Waals surface area contributed by atoms with Crippen LogP contribution in [0.3, 0.4) is 0 Å². The Morgan fingerprint density at radius 1 is 1.21 bits per heavy atom. The van der Waals surface area contributed by atoms with Crippen LogP contribution in [0.4, 0.5) is 13.2 Å². The minimum atomic E-state index is -4.88. The van der Waals surface area contributed by atoms with Gasteiger partial charge in [0.1, 0.15) is 17.2 Å². The van der Waals surface area contributed by atoms with E-state index in [2.05, 4.69) is 27.3 Å². The third kappa shape index (κ3) is 8.13. The van der Waals surface area contributed by atoms with Crippen molar-refractivity contribution >= 4 is 17.5 Å². The summed E-state index contributed by atoms with van der Waals surface area (Å²) in [4.78, 5) is 29.3. The van der Waals surface area contributed by atoms with Crippen LogP contribution in [0.25, 0.3) is 0 Å². The summed E-state index contributed by atoms with van der Waals surface area (Å²) >= 11 is 0. The molecule has 3 rings (SSSR count). The van der Waals surface area contributed by atoms with Crippen LogP contribution in [0, 0.1) is 0 Å². The van der Waals surface area contributed by atoms with E-state index in [0.29, 0.717) is 6.54 Å². The van der Waals surface area contributed by atoms with E-state index in [4.69, 9.17) is 16.3 Å². The predicted molar refractivity (Wildman–Crippen MR) is 134 cm³/mol. The van der Waals surface area contributed by atoms with Gasteiger partial charge in [-0.15, -0.1) is 13.2 Å². The van der Waals surface area contributed by atoms with Crippen molar-refractivity contribution < 1.29 is 32.2 Å². The Morgan fingerprint density at radius 3 is 2.47 bits per heavy atom. The largest absolute Gasteiger partial charge is 0.573 e. The van der Waals surface area contributed by atoms with Crippen molar-refractivity contribution in [3.63, 3.8) is 0 Å². The lowest BCUT2D eigenvalue weighted by Crippen LogP contribution is -2.39. The topological polar surface area (TPSA) is 144 Å². The number of nitrogens with two attached hydrogens (primary N) is 2. The van der Waals surface area contributed by atoms with Crippen LogP contribution in [0.1, 0.15) is 34.5 Å². The van der Waals surface area contributed by atoms with Crippen molar-refractivity contribution in [3.05, 3.63) is 71.1 Å². The molecule has 38 heavy (non-hydrogen) atoms. The van der Waals surface area contributed by atoms with Gasteiger partial charge < -0.3 is 30.8 Å². The summed E-state index contributed by atoms with van der Waals surface area (Å²) in [6, 6.07) is 10.6. The molecule has 0 saturated heterocycles. The minimum absolute atomic E-state index is 0.000955. The zero-order chi connectivity index (χ0) is 27.9. The first-order valence-electron chi connectivity index (χ1n) is 11.6. The molecule has 204 valence electrons. The van der Waals surface area contributed by atoms with E-state index in [1.165, 1.54) is 18.9 Å². The zero-order valence-corrected chi connectivity index (χ0v) is 20.8. The fourth-order valence-electron chi connectivity index (χ4n) is 3.50. The summed E-state index contributed by atoms with van der Waals surface area (Å²) < 4.78 is 46.1. The van der Waals surface area contributed by atoms with Gasteiger partial charge >= 0.3 is 6.36 Å². The first-order chi connectivity index (χ1) is 18.0. The molecule has 0 radical (unpaired) electrons. The third-order valence-corrected chi connectivity index (χ3v) is 5.54. The second-order valence-electron chi connectivity index (χ2n) is 8.30. The first-order valence-corrected chi connectivity index (χ1v) is 11.6. The van der Waals surface area contributed by atoms with E-state index < -0.39 is 30.0 Å². The number of methoxy groups -OCH3 is 1. The van der Waals surface area contributed by atoms with Gasteiger partial charge in [0.15, 0.2) is 0 Å². The minimum Gasteiger partial charge on any atom is -0.496 e. The molecule has 0 saturated carbocycles. The van der Waals surface area contributed by atoms with Gasteiger partial charge in [0, 0.05) is 18.8 Å². The number of nitrogens with one attached hydrogen (secondary N) is 2. The monoisotopic (exact) mass is 534 g/mol. The molecule has 1 aliphatic rings. The average molecular weight is 535 g/mol. The Bertz CT molecular complexity index is 1210. The Labute approximate surface area is 217 Å². The van der Waals surface area contributed by atoms with Crippen molar-refractivity contribution in [2.45, 2.75) is 25.7 Å². The summed E-state index contributed by atoms with van der Waals surface area (Å²) in [5.41, 5.74) is 8.69. The highest BCUT2D eigenvalue weighted by Crippen LogP contribution is 2.29. The standard InChI is InChI=1S/C25H29F3N6O4/c1-3-15-4-6-16(7-5-15)22(20-13-32-20)33-24(36)19(29)14-34(30)11-10-31-23(35)18-9-8-17(12-21(18)37-2)38-25(26,27)28/h4-9,12,14,22H,3,10-11,13,29-30H2,1-2H3,(H,31,35)(H,33,36)/b19-14-. The number of hydrogen-bond acceptors (Lipinski definition) is 8. The number of carbonyl (C=O) groups excluding carboxylic acids is 2. The lowest BCUT2D eigenvalue weighted by atomic mass is 10.0. The fraction of sp³-hybridized carbons (Fsp3) is 0.320. The number of benzene rings is 2. The molecular weight excluding hydrogens is 505 g/mol. The SMILES string of the molecule is CCc1ccc(C(NC(=O)/C(N)=C/N(N)CCNC(=O)c2ccc(OC(F)(F)F)cc2OC)C2=NC2)cc1. The molecule has 0 aromatic heterocycles. The number of carbonyl (C=O) groups is 2. The van der Waals surface area contributed by atoms with E-state index in [-0.39, 0.29) is 30.1 Å². The molecule has 0 spiro atoms. The molecule has 2 aromatic carbocycles. The molecule has 1 atom stereocenters. The van der Waals surface area contributed by atoms with Crippen molar-refractivity contribution in [1.82, 2.24) is 15.6 Å². The van der Waals surface area contributed by atoms with Crippen LogP contribution in [-0.4, -0.2) is 55.6 Å². The smallest absolute Gasteiger partial charge is 0.496 e. The Hall–Kier alpha value is -4.26. The van der Waals surface area contributed by atoms with Crippen molar-refractivity contribution in [3.8, 4) is 11.5 Å². The van der Waals surface area contributed by atoms with Gasteiger partial charge in [0.25, 0.3) is 11.8 Å². The van der Waals surface area contributed by atoms with E-state index >= 15 is 0 Å². The fourth-order valence-corrected chi connectivity index (χ4v) is 3.50. The molecule has 0 fully saturated rings. The summed E-state index contributed by atoms with van der Waals surface area (Å²) in [6.45, 7) is 2.73. The second-order valence-corrected chi connectivity index (χ2v) is 8.30. The van der Waals surface area contributed by atoms with Gasteiger partial charge in [-0.1, -0.05) is 31.2 Å². The van der Waals surface area contributed by atoms with Crippen LogP contribution in [0.2, 0.25) is 0 Å². The Balaban J connectivity index is 1.53. The number of amides is 2. The molecule has 10 nitrogen and oxygen atoms in total. The molecule has 1 aliphatic heterocycles. The maximum Gasteiger partial charge on any atom is 0.573 e. The molecule has 0 bridgehead atoms. The van der Waals surface area contributed by atoms with Crippen LogP contribution in [-0.2, 0) is 11.2 Å². The van der Waals surface area contributed by atoms with Crippen molar-refractivity contribution in [2.75, 3.05) is 26.7 Å². The number of ether oxygens (including phenoxy) is 2. The summed E-state index contributed by atoms with van der Waals surface area (Å²) in [5.74, 6) is 4.13. The molecule has 6 N–H and O–H groups in total. The van der Waals surface area contributed by atoms with Gasteiger partial charge in [-0.3, -0.25) is 14.6 Å². The number of nitrogens with zero attached hydrogens (tertiary/aromatic N) is 2. The van der Waals surface area contributed by atoms with Gasteiger partial charge in [-0.05, 0) is 29.7 Å². The summed E-state index contributed by atoms with van der Waals surface area (Å²) in [7, 11) is 1.21. The number of rotatable bonds is 12. The van der Waals surface area contributed by atoms with Gasteiger partial charge in [-0.25, -0.2) is 5.84 Å². The van der Waals surface area contributed by atoms with Crippen molar-refractivity contribution in [2.24, 2.45) is 16.6 Å². The first kappa shape index (κ1) is 28.3. The van der Waals surface area contributed by atoms with Crippen LogP contribution >= 0.6 is 0 Å². The molecular formula is C25H29F3N6O4.